The van der Waals surface area contributed by atoms with E-state index >= 15 is 8.42 Å². The van der Waals surface area contributed by atoms with Crippen LogP contribution in [0, 0.1) is 20.2 Å². The van der Waals surface area contributed by atoms with E-state index in [2.05, 4.69) is 29.6 Å². The molecule has 3 aromatic carbocycles. The van der Waals surface area contributed by atoms with Crippen molar-refractivity contribution in [3.05, 3.63) is 128 Å². The van der Waals surface area contributed by atoms with Gasteiger partial charge in [-0.1, -0.05) is 57.2 Å². The van der Waals surface area contributed by atoms with E-state index in [-0.39, 0.29) is 78.3 Å². The molecular formula is C42H45N7O16S. The fraction of sp³-hybridized carbons (Fsp3) is 0.333. The van der Waals surface area contributed by atoms with Crippen LogP contribution < -0.4 is 18.5 Å². The van der Waals surface area contributed by atoms with Gasteiger partial charge in [-0.3, -0.25) is 0 Å². The number of carbonyl (C=O) groups is 2. The number of sulfonamides is 1. The normalized spacial score (nSPS) is 11.7. The standard InChI is InChI=1S/C42H45N7O16S/c1-28(64-41(51)61-23-8-9-24-62-48(52)53)47(66(56,57)32-19-17-31(18-20-32)42(2,3)4)38-35(65-34-12-7-6-11-33(34)58-5)39(46-37(45-38)36-43-21-10-22-44-36)59-25-26-60-40(50)30-15-13-29(14-16-30)27-63-49(54)55/h6-7,10-22,28H,8-9,23-27H2,1-5H3. The van der Waals surface area contributed by atoms with E-state index in [9.17, 15) is 29.8 Å². The number of hydrogen-bond donors (Lipinski definition) is 0. The Morgan fingerprint density at radius 2 is 1.42 bits per heavy atom. The summed E-state index contributed by atoms with van der Waals surface area (Å²) in [6.45, 7) is 5.48. The summed E-state index contributed by atoms with van der Waals surface area (Å²) in [5, 5.41) is 19.2. The van der Waals surface area contributed by atoms with Crippen molar-refractivity contribution in [2.75, 3.05) is 37.8 Å². The molecule has 5 rings (SSSR count). The number of anilines is 1. The molecule has 0 saturated carbocycles. The zero-order valence-electron chi connectivity index (χ0n) is 36.3. The summed E-state index contributed by atoms with van der Waals surface area (Å²) in [6.07, 6.45) is 0.0288. The van der Waals surface area contributed by atoms with Crippen LogP contribution in [0.1, 0.15) is 62.0 Å². The van der Waals surface area contributed by atoms with Crippen molar-refractivity contribution < 1.29 is 66.3 Å². The summed E-state index contributed by atoms with van der Waals surface area (Å²) in [4.78, 5) is 73.2. The lowest BCUT2D eigenvalue weighted by atomic mass is 9.87. The summed E-state index contributed by atoms with van der Waals surface area (Å²) in [5.74, 6) is -2.30. The van der Waals surface area contributed by atoms with E-state index in [1.54, 1.807) is 30.3 Å². The molecule has 0 amide bonds. The lowest BCUT2D eigenvalue weighted by Crippen LogP contribution is -2.42. The summed E-state index contributed by atoms with van der Waals surface area (Å²) in [6, 6.07) is 19.6. The Morgan fingerprint density at radius 3 is 2.06 bits per heavy atom. The zero-order valence-corrected chi connectivity index (χ0v) is 37.1. The van der Waals surface area contributed by atoms with E-state index < -0.39 is 62.6 Å². The molecule has 5 aromatic rings. The number of esters is 1. The van der Waals surface area contributed by atoms with Crippen LogP contribution in [-0.2, 0) is 45.9 Å². The molecule has 0 aliphatic heterocycles. The first-order valence-electron chi connectivity index (χ1n) is 19.9. The van der Waals surface area contributed by atoms with Crippen LogP contribution in [0.4, 0.5) is 10.6 Å². The van der Waals surface area contributed by atoms with Crippen LogP contribution in [-0.4, -0.2) is 90.4 Å². The van der Waals surface area contributed by atoms with Gasteiger partial charge in [0.25, 0.3) is 26.1 Å². The van der Waals surface area contributed by atoms with Gasteiger partial charge in [0.05, 0.1) is 30.8 Å². The number of carbonyl (C=O) groups excluding carboxylic acids is 2. The number of para-hydroxylation sites is 2. The molecule has 0 bridgehead atoms. The van der Waals surface area contributed by atoms with Crippen LogP contribution in [0.5, 0.6) is 23.1 Å². The minimum absolute atomic E-state index is 0.0396. The maximum Gasteiger partial charge on any atom is 0.510 e. The monoisotopic (exact) mass is 935 g/mol. The van der Waals surface area contributed by atoms with Gasteiger partial charge in [0.15, 0.2) is 29.4 Å². The smallest absolute Gasteiger partial charge is 0.493 e. The molecule has 23 nitrogen and oxygen atoms in total. The van der Waals surface area contributed by atoms with Gasteiger partial charge >= 0.3 is 12.1 Å². The molecule has 2 heterocycles. The SMILES string of the molecule is COc1ccccc1Oc1c(OCCOC(=O)c2ccc(CO[N+](=O)[O-])cc2)nc(-c2ncccn2)nc1N(C(C)OC(=O)OCCCCO[N+](=O)[O-])S(=O)(=O)c1ccc(C(C)(C)C)cc1. The van der Waals surface area contributed by atoms with Crippen molar-refractivity contribution in [1.29, 1.82) is 0 Å². The van der Waals surface area contributed by atoms with E-state index in [1.165, 1.54) is 75.0 Å². The largest absolute Gasteiger partial charge is 0.510 e. The number of hydrogen-bond acceptors (Lipinski definition) is 20. The number of ether oxygens (including phenoxy) is 6. The average Bonchev–Trinajstić information content (AvgIpc) is 3.29. The molecule has 1 unspecified atom stereocenters. The molecule has 0 aliphatic rings. The summed E-state index contributed by atoms with van der Waals surface area (Å²) in [7, 11) is -3.44. The van der Waals surface area contributed by atoms with Crippen LogP contribution >= 0.6 is 0 Å². The molecule has 2 aromatic heterocycles. The van der Waals surface area contributed by atoms with Gasteiger partial charge in [-0.05, 0) is 78.8 Å². The van der Waals surface area contributed by atoms with Gasteiger partial charge in [0.2, 0.25) is 11.6 Å². The van der Waals surface area contributed by atoms with Gasteiger partial charge in [-0.25, -0.2) is 37.3 Å². The quantitative estimate of drug-likeness (QED) is 0.0217. The second-order valence-corrected chi connectivity index (χ2v) is 16.5. The molecule has 0 spiro atoms. The fourth-order valence-corrected chi connectivity index (χ4v) is 7.24. The summed E-state index contributed by atoms with van der Waals surface area (Å²) >= 11 is 0. The third-order valence-corrected chi connectivity index (χ3v) is 10.8. The van der Waals surface area contributed by atoms with Gasteiger partial charge in [-0.15, -0.1) is 20.2 Å². The Morgan fingerprint density at radius 1 is 0.773 bits per heavy atom. The highest BCUT2D eigenvalue weighted by atomic mass is 32.2. The molecule has 350 valence electrons. The molecular weight excluding hydrogens is 891 g/mol. The Bertz CT molecular complexity index is 2560. The molecule has 0 aliphatic carbocycles. The predicted octanol–water partition coefficient (Wildman–Crippen LogP) is 6.66. The molecule has 0 radical (unpaired) electrons. The number of rotatable bonds is 23. The van der Waals surface area contributed by atoms with Crippen molar-refractivity contribution in [3.8, 4) is 34.8 Å². The number of methoxy groups -OCH3 is 1. The van der Waals surface area contributed by atoms with Crippen molar-refractivity contribution in [2.24, 2.45) is 0 Å². The highest BCUT2D eigenvalue weighted by molar-refractivity contribution is 7.92. The topological polar surface area (TPSA) is 283 Å². The number of benzene rings is 3. The third kappa shape index (κ3) is 13.6. The Balaban J connectivity index is 1.59. The van der Waals surface area contributed by atoms with Crippen molar-refractivity contribution in [3.63, 3.8) is 0 Å². The van der Waals surface area contributed by atoms with Crippen LogP contribution in [0.25, 0.3) is 11.6 Å². The van der Waals surface area contributed by atoms with Crippen LogP contribution in [0.15, 0.2) is 96.2 Å². The minimum atomic E-state index is -4.81. The number of nitrogens with zero attached hydrogens (tertiary/aromatic N) is 7. The maximum atomic E-state index is 15.1. The van der Waals surface area contributed by atoms with Crippen LogP contribution in [0.2, 0.25) is 0 Å². The third-order valence-electron chi connectivity index (χ3n) is 8.98. The lowest BCUT2D eigenvalue weighted by molar-refractivity contribution is -0.763. The molecule has 24 heteroatoms. The van der Waals surface area contributed by atoms with Crippen LogP contribution in [0.3, 0.4) is 0 Å². The zero-order chi connectivity index (χ0) is 47.9. The molecule has 0 N–H and O–H groups in total. The molecule has 0 fully saturated rings. The van der Waals surface area contributed by atoms with Gasteiger partial charge in [-0.2, -0.15) is 4.98 Å². The second-order valence-electron chi connectivity index (χ2n) is 14.7. The summed E-state index contributed by atoms with van der Waals surface area (Å²) < 4.78 is 65.0. The van der Waals surface area contributed by atoms with Crippen molar-refractivity contribution in [2.45, 2.75) is 63.7 Å². The number of unbranched alkanes of at least 4 members (excludes halogenated alkanes) is 1. The second kappa shape index (κ2) is 22.6. The van der Waals surface area contributed by atoms with Crippen molar-refractivity contribution in [1.82, 2.24) is 19.9 Å². The first kappa shape index (κ1) is 49.1. The first-order valence-corrected chi connectivity index (χ1v) is 21.3. The molecule has 0 saturated heterocycles. The van der Waals surface area contributed by atoms with E-state index in [1.807, 2.05) is 20.8 Å². The summed E-state index contributed by atoms with van der Waals surface area (Å²) in [5.41, 5.74) is 0.998. The Kier molecular flexibility index (Phi) is 16.9. The van der Waals surface area contributed by atoms with E-state index in [0.29, 0.717) is 9.87 Å². The Labute approximate surface area is 377 Å². The predicted molar refractivity (Wildman–Crippen MR) is 229 cm³/mol. The molecule has 1 atom stereocenters. The average molecular weight is 936 g/mol. The number of aromatic nitrogens is 4. The molecule has 66 heavy (non-hydrogen) atoms. The highest BCUT2D eigenvalue weighted by Gasteiger charge is 2.39. The maximum absolute atomic E-state index is 15.1. The lowest BCUT2D eigenvalue weighted by Gasteiger charge is -2.30. The van der Waals surface area contributed by atoms with E-state index in [4.69, 9.17) is 28.4 Å². The highest BCUT2D eigenvalue weighted by Crippen LogP contribution is 2.44. The first-order chi connectivity index (χ1) is 31.5. The van der Waals surface area contributed by atoms with Gasteiger partial charge < -0.3 is 38.1 Å². The van der Waals surface area contributed by atoms with E-state index in [0.717, 1.165) is 5.56 Å². The van der Waals surface area contributed by atoms with Gasteiger partial charge in [0.1, 0.15) is 19.8 Å². The fourth-order valence-electron chi connectivity index (χ4n) is 5.74. The van der Waals surface area contributed by atoms with Crippen molar-refractivity contribution >= 4 is 28.0 Å². The minimum Gasteiger partial charge on any atom is -0.493 e. The Hall–Kier alpha value is -7.89. The van der Waals surface area contributed by atoms with Gasteiger partial charge in [0, 0.05) is 12.4 Å².